The fraction of sp³-hybridized carbons (Fsp3) is 0.583. The van der Waals surface area contributed by atoms with Crippen molar-refractivity contribution in [3.63, 3.8) is 0 Å². The van der Waals surface area contributed by atoms with Crippen molar-refractivity contribution in [1.82, 2.24) is 15.3 Å². The molecule has 1 heterocycles. The van der Waals surface area contributed by atoms with Gasteiger partial charge >= 0.3 is 5.69 Å². The second-order valence-electron chi connectivity index (χ2n) is 4.86. The summed E-state index contributed by atoms with van der Waals surface area (Å²) in [5.41, 5.74) is -0.128. The van der Waals surface area contributed by atoms with Gasteiger partial charge in [0.2, 0.25) is 0 Å². The highest BCUT2D eigenvalue weighted by Gasteiger charge is 2.24. The molecule has 7 heteroatoms. The summed E-state index contributed by atoms with van der Waals surface area (Å²) in [5, 5.41) is 12.2. The van der Waals surface area contributed by atoms with E-state index >= 15 is 0 Å². The van der Waals surface area contributed by atoms with Crippen LogP contribution >= 0.6 is 11.8 Å². The van der Waals surface area contributed by atoms with Gasteiger partial charge < -0.3 is 15.4 Å². The Balaban J connectivity index is 3.10. The molecule has 1 aromatic heterocycles. The highest BCUT2D eigenvalue weighted by Crippen LogP contribution is 2.19. The van der Waals surface area contributed by atoms with Crippen LogP contribution in [0.5, 0.6) is 0 Å². The van der Waals surface area contributed by atoms with Crippen molar-refractivity contribution < 1.29 is 9.90 Å². The van der Waals surface area contributed by atoms with Crippen LogP contribution in [0.4, 0.5) is 0 Å². The summed E-state index contributed by atoms with van der Waals surface area (Å²) >= 11 is 1.25. The average Bonchev–Trinajstić information content (AvgIpc) is 2.26. The first-order valence-electron chi connectivity index (χ1n) is 5.89. The Bertz CT molecular complexity index is 525. The van der Waals surface area contributed by atoms with E-state index < -0.39 is 11.2 Å². The quantitative estimate of drug-likeness (QED) is 0.546. The number of rotatable bonds is 5. The number of H-pyrrole nitrogens is 1. The molecule has 0 aliphatic heterocycles. The van der Waals surface area contributed by atoms with E-state index in [0.717, 1.165) is 0 Å². The van der Waals surface area contributed by atoms with Crippen molar-refractivity contribution in [2.24, 2.45) is 0 Å². The molecular weight excluding hydrogens is 266 g/mol. The minimum absolute atomic E-state index is 0.00841. The minimum Gasteiger partial charge on any atom is -0.396 e. The monoisotopic (exact) mass is 285 g/mol. The van der Waals surface area contributed by atoms with Crippen LogP contribution in [0.1, 0.15) is 36.3 Å². The molecule has 3 N–H and O–H groups in total. The van der Waals surface area contributed by atoms with Crippen LogP contribution in [-0.2, 0) is 0 Å². The van der Waals surface area contributed by atoms with Gasteiger partial charge in [-0.15, -0.1) is 11.8 Å². The van der Waals surface area contributed by atoms with Gasteiger partial charge in [0, 0.05) is 17.8 Å². The fourth-order valence-corrected chi connectivity index (χ4v) is 2.31. The van der Waals surface area contributed by atoms with Gasteiger partial charge in [-0.05, 0) is 33.4 Å². The Labute approximate surface area is 116 Å². The molecule has 0 aromatic carbocycles. The first-order chi connectivity index (χ1) is 8.80. The molecule has 0 bridgehead atoms. The zero-order chi connectivity index (χ0) is 14.6. The van der Waals surface area contributed by atoms with Gasteiger partial charge in [-0.1, -0.05) is 0 Å². The van der Waals surface area contributed by atoms with Crippen LogP contribution in [-0.4, -0.2) is 39.4 Å². The topological polar surface area (TPSA) is 95.1 Å². The molecule has 1 aromatic rings. The van der Waals surface area contributed by atoms with Crippen molar-refractivity contribution in [2.45, 2.75) is 37.8 Å². The van der Waals surface area contributed by atoms with Gasteiger partial charge in [0.15, 0.2) is 0 Å². The number of aryl methyl sites for hydroxylation is 1. The Morgan fingerprint density at radius 2 is 2.16 bits per heavy atom. The molecule has 6 nitrogen and oxygen atoms in total. The Morgan fingerprint density at radius 3 is 2.68 bits per heavy atom. The lowest BCUT2D eigenvalue weighted by molar-refractivity contribution is 0.0894. The van der Waals surface area contributed by atoms with Crippen LogP contribution in [0.2, 0.25) is 0 Å². The van der Waals surface area contributed by atoms with E-state index in [-0.39, 0.29) is 12.5 Å². The van der Waals surface area contributed by atoms with E-state index in [1.165, 1.54) is 11.8 Å². The molecule has 0 unspecified atom stereocenters. The van der Waals surface area contributed by atoms with E-state index in [4.69, 9.17) is 5.11 Å². The number of carbonyl (C=O) groups is 1. The molecule has 0 saturated carbocycles. The van der Waals surface area contributed by atoms with Crippen molar-refractivity contribution >= 4 is 17.7 Å². The van der Waals surface area contributed by atoms with Crippen molar-refractivity contribution in [3.8, 4) is 0 Å². The predicted molar refractivity (Wildman–Crippen MR) is 74.6 cm³/mol. The number of hydrogen-bond donors (Lipinski definition) is 3. The molecule has 0 spiro atoms. The van der Waals surface area contributed by atoms with Crippen LogP contribution in [0.15, 0.2) is 9.82 Å². The molecule has 0 radical (unpaired) electrons. The van der Waals surface area contributed by atoms with Crippen LogP contribution < -0.4 is 11.0 Å². The summed E-state index contributed by atoms with van der Waals surface area (Å²) in [7, 11) is 0. The minimum atomic E-state index is -0.524. The van der Waals surface area contributed by atoms with Crippen LogP contribution in [0, 0.1) is 6.92 Å². The lowest BCUT2D eigenvalue weighted by atomic mass is 10.0. The predicted octanol–water partition coefficient (Wildman–Crippen LogP) is 0.691. The van der Waals surface area contributed by atoms with Gasteiger partial charge in [-0.3, -0.25) is 4.79 Å². The standard InChI is InChI=1S/C12H19N3O3S/c1-7-8(10(19-4)14-11(18)13-7)9(17)15-12(2,3)5-6-16/h16H,5-6H2,1-4H3,(H,15,17)(H,13,14,18). The van der Waals surface area contributed by atoms with Crippen LogP contribution in [0.25, 0.3) is 0 Å². The van der Waals surface area contributed by atoms with E-state index in [0.29, 0.717) is 22.7 Å². The highest BCUT2D eigenvalue weighted by atomic mass is 32.2. The first-order valence-corrected chi connectivity index (χ1v) is 7.11. The molecule has 1 amide bonds. The van der Waals surface area contributed by atoms with Gasteiger partial charge in [0.05, 0.1) is 5.56 Å². The number of amides is 1. The van der Waals surface area contributed by atoms with Gasteiger partial charge in [0.25, 0.3) is 5.91 Å². The molecule has 19 heavy (non-hydrogen) atoms. The van der Waals surface area contributed by atoms with E-state index in [2.05, 4.69) is 15.3 Å². The number of thioether (sulfide) groups is 1. The summed E-state index contributed by atoms with van der Waals surface area (Å²) in [6.07, 6.45) is 2.21. The molecule has 0 aliphatic carbocycles. The highest BCUT2D eigenvalue weighted by molar-refractivity contribution is 7.98. The third-order valence-electron chi connectivity index (χ3n) is 2.70. The third-order valence-corrected chi connectivity index (χ3v) is 3.38. The Hall–Kier alpha value is -1.34. The Morgan fingerprint density at radius 1 is 1.53 bits per heavy atom. The summed E-state index contributed by atoms with van der Waals surface area (Å²) < 4.78 is 0. The van der Waals surface area contributed by atoms with Gasteiger partial charge in [-0.25, -0.2) is 4.79 Å². The third kappa shape index (κ3) is 4.07. The molecule has 0 aliphatic rings. The molecule has 0 atom stereocenters. The van der Waals surface area contributed by atoms with E-state index in [9.17, 15) is 9.59 Å². The molecule has 106 valence electrons. The van der Waals surface area contributed by atoms with Crippen molar-refractivity contribution in [2.75, 3.05) is 12.9 Å². The summed E-state index contributed by atoms with van der Waals surface area (Å²) in [6.45, 7) is 5.31. The Kier molecular flexibility index (Phi) is 5.13. The number of hydrogen-bond acceptors (Lipinski definition) is 5. The zero-order valence-electron chi connectivity index (χ0n) is 11.5. The average molecular weight is 285 g/mol. The first kappa shape index (κ1) is 15.7. The smallest absolute Gasteiger partial charge is 0.346 e. The molecule has 0 fully saturated rings. The normalized spacial score (nSPS) is 11.4. The zero-order valence-corrected chi connectivity index (χ0v) is 12.3. The maximum absolute atomic E-state index is 12.3. The maximum Gasteiger partial charge on any atom is 0.346 e. The molecule has 1 rings (SSSR count). The number of nitrogens with one attached hydrogen (secondary N) is 2. The summed E-state index contributed by atoms with van der Waals surface area (Å²) in [4.78, 5) is 29.9. The SMILES string of the molecule is CSc1nc(=O)[nH]c(C)c1C(=O)NC(C)(C)CCO. The lowest BCUT2D eigenvalue weighted by Crippen LogP contribution is -2.44. The maximum atomic E-state index is 12.3. The number of aliphatic hydroxyl groups excluding tert-OH is 1. The molecular formula is C12H19N3O3S. The number of aromatic amines is 1. The number of aromatic nitrogens is 2. The van der Waals surface area contributed by atoms with Gasteiger partial charge in [0.1, 0.15) is 5.03 Å². The fourth-order valence-electron chi connectivity index (χ4n) is 1.69. The second-order valence-corrected chi connectivity index (χ2v) is 5.66. The largest absolute Gasteiger partial charge is 0.396 e. The number of aliphatic hydroxyl groups is 1. The molecule has 0 saturated heterocycles. The van der Waals surface area contributed by atoms with Crippen molar-refractivity contribution in [3.05, 3.63) is 21.7 Å². The van der Waals surface area contributed by atoms with E-state index in [1.54, 1.807) is 13.2 Å². The number of nitrogens with zero attached hydrogens (tertiary/aromatic N) is 1. The number of carbonyl (C=O) groups excluding carboxylic acids is 1. The summed E-state index contributed by atoms with van der Waals surface area (Å²) in [5.74, 6) is -0.302. The summed E-state index contributed by atoms with van der Waals surface area (Å²) in [6, 6.07) is 0. The second kappa shape index (κ2) is 6.21. The van der Waals surface area contributed by atoms with Gasteiger partial charge in [-0.2, -0.15) is 4.98 Å². The van der Waals surface area contributed by atoms with E-state index in [1.807, 2.05) is 13.8 Å². The van der Waals surface area contributed by atoms with Crippen molar-refractivity contribution in [1.29, 1.82) is 0 Å². The lowest BCUT2D eigenvalue weighted by Gasteiger charge is -2.26. The van der Waals surface area contributed by atoms with Crippen LogP contribution in [0.3, 0.4) is 0 Å².